The molecule has 2 amide bonds. The van der Waals surface area contributed by atoms with Gasteiger partial charge in [-0.3, -0.25) is 10.6 Å². The van der Waals surface area contributed by atoms with E-state index >= 15 is 0 Å². The molecule has 1 aromatic carbocycles. The third kappa shape index (κ3) is 6.45. The van der Waals surface area contributed by atoms with Crippen molar-refractivity contribution in [3.63, 3.8) is 0 Å². The lowest BCUT2D eigenvalue weighted by molar-refractivity contribution is 0.0640. The fourth-order valence-electron chi connectivity index (χ4n) is 3.82. The zero-order valence-electron chi connectivity index (χ0n) is 15.8. The van der Waals surface area contributed by atoms with Crippen LogP contribution in [0.15, 0.2) is 30.3 Å². The van der Waals surface area contributed by atoms with Gasteiger partial charge in [-0.2, -0.15) is 0 Å². The maximum Gasteiger partial charge on any atom is 0.409 e. The van der Waals surface area contributed by atoms with Crippen LogP contribution in [0, 0.1) is 0 Å². The van der Waals surface area contributed by atoms with E-state index < -0.39 is 18.4 Å². The molecule has 0 saturated heterocycles. The third-order valence-corrected chi connectivity index (χ3v) is 5.31. The number of carbonyl (C=O) groups is 2. The Balaban J connectivity index is 1.56. The summed E-state index contributed by atoms with van der Waals surface area (Å²) in [5.74, 6) is 0. The van der Waals surface area contributed by atoms with E-state index in [2.05, 4.69) is 10.6 Å². The third-order valence-electron chi connectivity index (χ3n) is 5.31. The first-order valence-corrected chi connectivity index (χ1v) is 10.2. The van der Waals surface area contributed by atoms with E-state index in [-0.39, 0.29) is 12.2 Å². The largest absolute Gasteiger partial charge is 0.446 e. The maximum atomic E-state index is 12.3. The number of amides is 2. The average molecular weight is 374 g/mol. The van der Waals surface area contributed by atoms with E-state index in [0.29, 0.717) is 0 Å². The molecule has 0 spiro atoms. The summed E-state index contributed by atoms with van der Waals surface area (Å²) in [7, 11) is 0. The Morgan fingerprint density at radius 3 is 1.63 bits per heavy atom. The van der Waals surface area contributed by atoms with Crippen molar-refractivity contribution in [2.24, 2.45) is 0 Å². The molecular formula is C21H30N2O4. The predicted molar refractivity (Wildman–Crippen MR) is 102 cm³/mol. The van der Waals surface area contributed by atoms with Crippen molar-refractivity contribution in [3.8, 4) is 0 Å². The molecule has 2 saturated carbocycles. The zero-order valence-corrected chi connectivity index (χ0v) is 15.8. The Hall–Kier alpha value is -2.24. The van der Waals surface area contributed by atoms with E-state index in [1.165, 1.54) is 12.8 Å². The number of ether oxygens (including phenoxy) is 2. The minimum absolute atomic E-state index is 0.0376. The number of rotatable bonds is 5. The minimum atomic E-state index is -0.682. The van der Waals surface area contributed by atoms with Crippen LogP contribution in [0.5, 0.6) is 0 Å². The highest BCUT2D eigenvalue weighted by atomic mass is 16.6. The monoisotopic (exact) mass is 374 g/mol. The van der Waals surface area contributed by atoms with Crippen LogP contribution in [0.1, 0.15) is 75.9 Å². The lowest BCUT2D eigenvalue weighted by Gasteiger charge is -2.26. The molecule has 0 aromatic heterocycles. The highest BCUT2D eigenvalue weighted by Gasteiger charge is 2.24. The number of alkyl carbamates (subject to hydrolysis) is 2. The van der Waals surface area contributed by atoms with Gasteiger partial charge in [-0.15, -0.1) is 0 Å². The van der Waals surface area contributed by atoms with Crippen molar-refractivity contribution >= 4 is 12.2 Å². The van der Waals surface area contributed by atoms with Crippen LogP contribution < -0.4 is 10.6 Å². The fourth-order valence-corrected chi connectivity index (χ4v) is 3.82. The normalized spacial score (nSPS) is 18.7. The second-order valence-electron chi connectivity index (χ2n) is 7.46. The molecule has 2 N–H and O–H groups in total. The van der Waals surface area contributed by atoms with Crippen LogP contribution in [-0.4, -0.2) is 24.4 Å². The molecular weight excluding hydrogens is 344 g/mol. The standard InChI is InChI=1S/C21H30N2O4/c24-20(26-17-12-6-2-7-13-17)22-19(16-10-4-1-5-11-16)23-21(25)27-18-14-8-3-9-15-18/h1,4-5,10-11,17-19H,2-3,6-9,12-15H2,(H,22,24)(H,23,25). The number of hydrogen-bond donors (Lipinski definition) is 2. The predicted octanol–water partition coefficient (Wildman–Crippen LogP) is 4.80. The Bertz CT molecular complexity index is 561. The van der Waals surface area contributed by atoms with Gasteiger partial charge in [0.15, 0.2) is 0 Å². The van der Waals surface area contributed by atoms with Crippen LogP contribution in [0.3, 0.4) is 0 Å². The molecule has 2 fully saturated rings. The molecule has 0 aliphatic heterocycles. The summed E-state index contributed by atoms with van der Waals surface area (Å²) in [6.07, 6.45) is 8.60. The number of hydrogen-bond acceptors (Lipinski definition) is 4. The summed E-state index contributed by atoms with van der Waals surface area (Å²) in [6, 6.07) is 9.33. The molecule has 0 atom stereocenters. The molecule has 6 nitrogen and oxygen atoms in total. The van der Waals surface area contributed by atoms with Gasteiger partial charge in [-0.25, -0.2) is 9.59 Å². The number of benzene rings is 1. The van der Waals surface area contributed by atoms with Crippen molar-refractivity contribution < 1.29 is 19.1 Å². The van der Waals surface area contributed by atoms with Gasteiger partial charge in [0, 0.05) is 0 Å². The van der Waals surface area contributed by atoms with Gasteiger partial charge < -0.3 is 9.47 Å². The van der Waals surface area contributed by atoms with E-state index in [1.807, 2.05) is 30.3 Å². The zero-order chi connectivity index (χ0) is 18.9. The second kappa shape index (κ2) is 10.2. The van der Waals surface area contributed by atoms with E-state index in [0.717, 1.165) is 56.9 Å². The first-order chi connectivity index (χ1) is 13.2. The summed E-state index contributed by atoms with van der Waals surface area (Å²) in [4.78, 5) is 24.7. The van der Waals surface area contributed by atoms with E-state index in [4.69, 9.17) is 9.47 Å². The molecule has 27 heavy (non-hydrogen) atoms. The molecule has 2 aliphatic rings. The van der Waals surface area contributed by atoms with Gasteiger partial charge in [-0.1, -0.05) is 43.2 Å². The highest BCUT2D eigenvalue weighted by Crippen LogP contribution is 2.22. The molecule has 1 aromatic rings. The van der Waals surface area contributed by atoms with Crippen LogP contribution in [-0.2, 0) is 9.47 Å². The van der Waals surface area contributed by atoms with Crippen LogP contribution in [0.2, 0.25) is 0 Å². The van der Waals surface area contributed by atoms with Crippen molar-refractivity contribution in [2.45, 2.75) is 82.6 Å². The second-order valence-corrected chi connectivity index (χ2v) is 7.46. The number of nitrogens with one attached hydrogen (secondary N) is 2. The fraction of sp³-hybridized carbons (Fsp3) is 0.619. The van der Waals surface area contributed by atoms with Gasteiger partial charge in [0.25, 0.3) is 0 Å². The number of carbonyl (C=O) groups excluding carboxylic acids is 2. The average Bonchev–Trinajstić information content (AvgIpc) is 2.69. The van der Waals surface area contributed by atoms with Crippen LogP contribution in [0.4, 0.5) is 9.59 Å². The molecule has 0 radical (unpaired) electrons. The lowest BCUT2D eigenvalue weighted by Crippen LogP contribution is -2.43. The quantitative estimate of drug-likeness (QED) is 0.726. The Labute approximate surface area is 161 Å². The summed E-state index contributed by atoms with van der Waals surface area (Å²) in [5, 5.41) is 5.55. The molecule has 0 heterocycles. The summed E-state index contributed by atoms with van der Waals surface area (Å²) < 4.78 is 11.1. The molecule has 0 unspecified atom stereocenters. The highest BCUT2D eigenvalue weighted by molar-refractivity contribution is 5.71. The van der Waals surface area contributed by atoms with Gasteiger partial charge in [0.1, 0.15) is 18.4 Å². The van der Waals surface area contributed by atoms with Crippen LogP contribution >= 0.6 is 0 Å². The SMILES string of the molecule is O=C(NC(NC(=O)OC1CCCCC1)c1ccccc1)OC1CCCCC1. The van der Waals surface area contributed by atoms with Crippen molar-refractivity contribution in [1.29, 1.82) is 0 Å². The van der Waals surface area contributed by atoms with Crippen molar-refractivity contribution in [2.75, 3.05) is 0 Å². The molecule has 3 rings (SSSR count). The molecule has 2 aliphatic carbocycles. The molecule has 0 bridgehead atoms. The van der Waals surface area contributed by atoms with Gasteiger partial charge in [0.05, 0.1) is 0 Å². The summed E-state index contributed by atoms with van der Waals surface area (Å²) in [6.45, 7) is 0. The van der Waals surface area contributed by atoms with E-state index in [1.54, 1.807) is 0 Å². The summed E-state index contributed by atoms with van der Waals surface area (Å²) >= 11 is 0. The van der Waals surface area contributed by atoms with Crippen LogP contribution in [0.25, 0.3) is 0 Å². The van der Waals surface area contributed by atoms with Crippen molar-refractivity contribution in [3.05, 3.63) is 35.9 Å². The maximum absolute atomic E-state index is 12.3. The van der Waals surface area contributed by atoms with Crippen molar-refractivity contribution in [1.82, 2.24) is 10.6 Å². The topological polar surface area (TPSA) is 76.7 Å². The first kappa shape index (κ1) is 19.5. The Morgan fingerprint density at radius 2 is 1.19 bits per heavy atom. The smallest absolute Gasteiger partial charge is 0.409 e. The summed E-state index contributed by atoms with van der Waals surface area (Å²) in [5.41, 5.74) is 0.777. The Morgan fingerprint density at radius 1 is 0.741 bits per heavy atom. The molecule has 148 valence electrons. The lowest BCUT2D eigenvalue weighted by atomic mass is 9.98. The first-order valence-electron chi connectivity index (χ1n) is 10.2. The molecule has 6 heteroatoms. The van der Waals surface area contributed by atoms with Gasteiger partial charge >= 0.3 is 12.2 Å². The Kier molecular flexibility index (Phi) is 7.36. The van der Waals surface area contributed by atoms with Gasteiger partial charge in [0.2, 0.25) is 0 Å². The van der Waals surface area contributed by atoms with E-state index in [9.17, 15) is 9.59 Å². The minimum Gasteiger partial charge on any atom is -0.446 e. The van der Waals surface area contributed by atoms with Gasteiger partial charge in [-0.05, 0) is 56.9 Å².